The maximum absolute atomic E-state index is 2.45. The Hall–Kier alpha value is -0.0800. The summed E-state index contributed by atoms with van der Waals surface area (Å²) in [5.41, 5.74) is 4.71. The molecule has 2 aliphatic rings. The topological polar surface area (TPSA) is 0 Å². The first kappa shape index (κ1) is 20.6. The Morgan fingerprint density at radius 1 is 0.962 bits per heavy atom. The van der Waals surface area contributed by atoms with Crippen LogP contribution in [0.5, 0.6) is 0 Å². The molecule has 1 aromatic carbocycles. The van der Waals surface area contributed by atoms with Crippen LogP contribution in [0.3, 0.4) is 0 Å². The molecule has 2 heteroatoms. The molecule has 0 bridgehead atoms. The van der Waals surface area contributed by atoms with E-state index in [0.29, 0.717) is 0 Å². The number of hydrogen-bond acceptors (Lipinski definition) is 2. The third-order valence-corrected chi connectivity index (χ3v) is 10.00. The van der Waals surface area contributed by atoms with Crippen molar-refractivity contribution in [2.45, 2.75) is 89.1 Å². The van der Waals surface area contributed by atoms with E-state index in [4.69, 9.17) is 0 Å². The van der Waals surface area contributed by atoms with Crippen molar-refractivity contribution in [3.8, 4) is 0 Å². The Balaban J connectivity index is 1.47. The molecule has 0 nitrogen and oxygen atoms in total. The van der Waals surface area contributed by atoms with Crippen molar-refractivity contribution >= 4 is 23.5 Å². The summed E-state index contributed by atoms with van der Waals surface area (Å²) in [5, 5.41) is 0. The van der Waals surface area contributed by atoms with Gasteiger partial charge in [0.25, 0.3) is 0 Å². The molecule has 0 radical (unpaired) electrons. The Labute approximate surface area is 170 Å². The molecule has 146 valence electrons. The fourth-order valence-electron chi connectivity index (χ4n) is 4.83. The Kier molecular flexibility index (Phi) is 8.31. The first-order valence-electron chi connectivity index (χ1n) is 11.0. The van der Waals surface area contributed by atoms with Gasteiger partial charge < -0.3 is 0 Å². The molecule has 1 heterocycles. The average Bonchev–Trinajstić information content (AvgIpc) is 2.67. The lowest BCUT2D eigenvalue weighted by Crippen LogP contribution is -2.26. The summed E-state index contributed by atoms with van der Waals surface area (Å²) in [6, 6.07) is 7.29. The van der Waals surface area contributed by atoms with Crippen molar-refractivity contribution in [1.29, 1.82) is 0 Å². The van der Waals surface area contributed by atoms with Gasteiger partial charge in [-0.15, -0.1) is 23.5 Å². The van der Waals surface area contributed by atoms with Crippen LogP contribution in [-0.4, -0.2) is 16.1 Å². The predicted molar refractivity (Wildman–Crippen MR) is 122 cm³/mol. The van der Waals surface area contributed by atoms with E-state index in [0.717, 1.165) is 22.3 Å². The number of thioether (sulfide) groups is 2. The third kappa shape index (κ3) is 5.47. The van der Waals surface area contributed by atoms with Crippen molar-refractivity contribution < 1.29 is 0 Å². The number of aryl methyl sites for hydroxylation is 2. The van der Waals surface area contributed by atoms with Crippen molar-refractivity contribution in [1.82, 2.24) is 0 Å². The summed E-state index contributed by atoms with van der Waals surface area (Å²) < 4.78 is 0.891. The Morgan fingerprint density at radius 2 is 1.69 bits per heavy atom. The van der Waals surface area contributed by atoms with Gasteiger partial charge in [0, 0.05) is 0 Å². The van der Waals surface area contributed by atoms with Gasteiger partial charge in [-0.1, -0.05) is 51.3 Å². The molecular weight excluding hydrogens is 352 g/mol. The van der Waals surface area contributed by atoms with Gasteiger partial charge >= 0.3 is 0 Å². The van der Waals surface area contributed by atoms with Crippen LogP contribution in [0.1, 0.15) is 87.8 Å². The maximum Gasteiger partial charge on any atom is 0.0530 e. The lowest BCUT2D eigenvalue weighted by Gasteiger charge is -2.37. The Bertz CT molecular complexity index is 537. The third-order valence-electron chi connectivity index (χ3n) is 6.43. The van der Waals surface area contributed by atoms with Crippen LogP contribution in [-0.2, 0) is 6.42 Å². The second kappa shape index (κ2) is 10.5. The normalized spacial score (nSPS) is 29.7. The zero-order valence-electron chi connectivity index (χ0n) is 17.1. The zero-order chi connectivity index (χ0) is 18.4. The smallest absolute Gasteiger partial charge is 0.0530 e. The van der Waals surface area contributed by atoms with Gasteiger partial charge in [0.05, 0.1) is 4.58 Å². The van der Waals surface area contributed by atoms with Gasteiger partial charge in [-0.3, -0.25) is 0 Å². The summed E-state index contributed by atoms with van der Waals surface area (Å²) in [6.45, 7) is 6.94. The summed E-state index contributed by atoms with van der Waals surface area (Å²) in [5.74, 6) is 5.62. The first-order chi connectivity index (χ1) is 12.7. The van der Waals surface area contributed by atoms with Crippen LogP contribution in [0.15, 0.2) is 18.2 Å². The molecular formula is C24H38S2. The van der Waals surface area contributed by atoms with Crippen LogP contribution >= 0.6 is 23.5 Å². The molecule has 1 saturated carbocycles. The summed E-state index contributed by atoms with van der Waals surface area (Å²) >= 11 is 4.60. The summed E-state index contributed by atoms with van der Waals surface area (Å²) in [7, 11) is 0. The number of hydrogen-bond donors (Lipinski definition) is 0. The largest absolute Gasteiger partial charge is 0.147 e. The van der Waals surface area contributed by atoms with Gasteiger partial charge in [0.15, 0.2) is 0 Å². The fraction of sp³-hybridized carbons (Fsp3) is 0.750. The van der Waals surface area contributed by atoms with Crippen molar-refractivity contribution in [2.24, 2.45) is 11.8 Å². The van der Waals surface area contributed by atoms with E-state index in [1.807, 2.05) is 0 Å². The number of benzene rings is 1. The molecule has 0 spiro atoms. The van der Waals surface area contributed by atoms with E-state index < -0.39 is 0 Å². The van der Waals surface area contributed by atoms with E-state index in [1.54, 1.807) is 11.1 Å². The molecule has 0 unspecified atom stereocenters. The lowest BCUT2D eigenvalue weighted by atomic mass is 9.78. The highest BCUT2D eigenvalue weighted by Gasteiger charge is 2.32. The highest BCUT2D eigenvalue weighted by molar-refractivity contribution is 8.17. The molecule has 0 aromatic heterocycles. The Morgan fingerprint density at radius 3 is 2.31 bits per heavy atom. The van der Waals surface area contributed by atoms with Crippen LogP contribution in [0.2, 0.25) is 0 Å². The number of rotatable bonds is 7. The molecule has 0 atom stereocenters. The van der Waals surface area contributed by atoms with Gasteiger partial charge in [-0.25, -0.2) is 0 Å². The molecule has 1 aliphatic carbocycles. The molecule has 0 amide bonds. The quantitative estimate of drug-likeness (QED) is 0.465. The minimum Gasteiger partial charge on any atom is -0.147 e. The van der Waals surface area contributed by atoms with Gasteiger partial charge in [-0.05, 0) is 91.4 Å². The molecule has 0 N–H and O–H groups in total. The van der Waals surface area contributed by atoms with Crippen molar-refractivity contribution in [3.63, 3.8) is 0 Å². The van der Waals surface area contributed by atoms with E-state index >= 15 is 0 Å². The van der Waals surface area contributed by atoms with E-state index in [9.17, 15) is 0 Å². The maximum atomic E-state index is 2.45. The molecule has 3 rings (SSSR count). The summed E-state index contributed by atoms with van der Waals surface area (Å²) in [6.07, 6.45) is 12.4. The van der Waals surface area contributed by atoms with Gasteiger partial charge in [-0.2, -0.15) is 0 Å². The standard InChI is InChI=1S/C24H38S2/c1-4-6-8-20-16-25-24(26-17-20)22-12-10-21(11-13-22)23-14-9-19(7-5-2)15-18(23)3/h9,14-15,20-22,24H,4-8,10-13,16-17H2,1-3H3/t20?,21-,22-,24?. The number of unbranched alkanes of at least 4 members (excludes halogenated alkanes) is 1. The van der Waals surface area contributed by atoms with Crippen molar-refractivity contribution in [2.75, 3.05) is 11.5 Å². The minimum atomic E-state index is 0.817. The highest BCUT2D eigenvalue weighted by Crippen LogP contribution is 2.47. The fourth-order valence-corrected chi connectivity index (χ4v) is 8.42. The minimum absolute atomic E-state index is 0.817. The van der Waals surface area contributed by atoms with Crippen molar-refractivity contribution in [3.05, 3.63) is 34.9 Å². The molecule has 1 saturated heterocycles. The SMILES string of the molecule is CCCCC1CSC([C@H]2CC[C@H](c3ccc(CCC)cc3C)CC2)SC1. The highest BCUT2D eigenvalue weighted by atomic mass is 32.2. The zero-order valence-corrected chi connectivity index (χ0v) is 18.8. The first-order valence-corrected chi connectivity index (χ1v) is 13.1. The molecule has 2 fully saturated rings. The van der Waals surface area contributed by atoms with E-state index in [-0.39, 0.29) is 0 Å². The lowest BCUT2D eigenvalue weighted by molar-refractivity contribution is 0.342. The molecule has 1 aliphatic heterocycles. The second-order valence-electron chi connectivity index (χ2n) is 8.60. The monoisotopic (exact) mass is 390 g/mol. The summed E-state index contributed by atoms with van der Waals surface area (Å²) in [4.78, 5) is 0. The molecule has 1 aromatic rings. The van der Waals surface area contributed by atoms with Crippen LogP contribution < -0.4 is 0 Å². The second-order valence-corrected chi connectivity index (χ2v) is 11.2. The van der Waals surface area contributed by atoms with Gasteiger partial charge in [0.2, 0.25) is 0 Å². The average molecular weight is 391 g/mol. The predicted octanol–water partition coefficient (Wildman–Crippen LogP) is 7.83. The van der Waals surface area contributed by atoms with Crippen LogP contribution in [0.25, 0.3) is 0 Å². The van der Waals surface area contributed by atoms with Crippen LogP contribution in [0, 0.1) is 18.8 Å². The van der Waals surface area contributed by atoms with E-state index in [1.165, 1.54) is 74.9 Å². The molecule has 26 heavy (non-hydrogen) atoms. The van der Waals surface area contributed by atoms with Crippen LogP contribution in [0.4, 0.5) is 0 Å². The van der Waals surface area contributed by atoms with Gasteiger partial charge in [0.1, 0.15) is 0 Å². The van der Waals surface area contributed by atoms with E-state index in [2.05, 4.69) is 62.5 Å².